The maximum Gasteiger partial charge on any atom is 0.488 e. The third-order valence-electron chi connectivity index (χ3n) is 4.48. The molecule has 1 aromatic carbocycles. The predicted octanol–water partition coefficient (Wildman–Crippen LogP) is 0.948. The van der Waals surface area contributed by atoms with E-state index in [2.05, 4.69) is 20.2 Å². The second kappa shape index (κ2) is 10.7. The largest absolute Gasteiger partial charge is 0.488 e. The van der Waals surface area contributed by atoms with Crippen molar-refractivity contribution in [3.63, 3.8) is 0 Å². The molecule has 2 aromatic heterocycles. The second-order valence-corrected chi connectivity index (χ2v) is 6.60. The molecule has 0 bridgehead atoms. The van der Waals surface area contributed by atoms with E-state index in [4.69, 9.17) is 0 Å². The van der Waals surface area contributed by atoms with E-state index in [-0.39, 0.29) is 0 Å². The van der Waals surface area contributed by atoms with Gasteiger partial charge < -0.3 is 15.4 Å². The lowest BCUT2D eigenvalue weighted by Crippen LogP contribution is -2.36. The SMILES string of the molecule is OB(O)c1ccccc1CNCCN(Cc1ccccn1)Cc1ccccn1. The van der Waals surface area contributed by atoms with Crippen LogP contribution in [0, 0.1) is 0 Å². The Morgan fingerprint density at radius 3 is 2.00 bits per heavy atom. The first-order valence-corrected chi connectivity index (χ1v) is 9.39. The Morgan fingerprint density at radius 2 is 1.43 bits per heavy atom. The average Bonchev–Trinajstić information content (AvgIpc) is 2.73. The predicted molar refractivity (Wildman–Crippen MR) is 111 cm³/mol. The monoisotopic (exact) mass is 376 g/mol. The number of benzene rings is 1. The van der Waals surface area contributed by atoms with Crippen molar-refractivity contribution in [2.24, 2.45) is 0 Å². The van der Waals surface area contributed by atoms with Crippen molar-refractivity contribution in [2.75, 3.05) is 13.1 Å². The first-order chi connectivity index (χ1) is 13.7. The molecule has 0 spiro atoms. The Labute approximate surface area is 166 Å². The Kier molecular flexibility index (Phi) is 7.69. The van der Waals surface area contributed by atoms with E-state index in [1.54, 1.807) is 12.1 Å². The molecule has 0 saturated carbocycles. The smallest absolute Gasteiger partial charge is 0.423 e. The second-order valence-electron chi connectivity index (χ2n) is 6.60. The van der Waals surface area contributed by atoms with Crippen molar-refractivity contribution in [2.45, 2.75) is 19.6 Å². The number of nitrogens with zero attached hydrogens (tertiary/aromatic N) is 3. The molecule has 7 heteroatoms. The van der Waals surface area contributed by atoms with Crippen molar-refractivity contribution in [1.29, 1.82) is 0 Å². The minimum absolute atomic E-state index is 0.536. The highest BCUT2D eigenvalue weighted by Gasteiger charge is 2.15. The lowest BCUT2D eigenvalue weighted by atomic mass is 9.77. The van der Waals surface area contributed by atoms with Crippen LogP contribution < -0.4 is 10.8 Å². The molecule has 0 aliphatic carbocycles. The number of aromatic nitrogens is 2. The summed E-state index contributed by atoms with van der Waals surface area (Å²) in [6.45, 7) is 3.64. The molecule has 0 aliphatic heterocycles. The summed E-state index contributed by atoms with van der Waals surface area (Å²) in [6, 6.07) is 19.2. The molecule has 28 heavy (non-hydrogen) atoms. The summed E-state index contributed by atoms with van der Waals surface area (Å²) >= 11 is 0. The minimum Gasteiger partial charge on any atom is -0.423 e. The lowest BCUT2D eigenvalue weighted by Gasteiger charge is -2.22. The Bertz CT molecular complexity index is 793. The van der Waals surface area contributed by atoms with Crippen LogP contribution in [-0.2, 0) is 19.6 Å². The number of rotatable bonds is 10. The maximum absolute atomic E-state index is 9.48. The van der Waals surface area contributed by atoms with E-state index in [9.17, 15) is 10.0 Å². The summed E-state index contributed by atoms with van der Waals surface area (Å²) in [5.41, 5.74) is 3.46. The highest BCUT2D eigenvalue weighted by molar-refractivity contribution is 6.59. The van der Waals surface area contributed by atoms with Gasteiger partial charge in [0, 0.05) is 45.1 Å². The van der Waals surface area contributed by atoms with Crippen molar-refractivity contribution < 1.29 is 10.0 Å². The van der Waals surface area contributed by atoms with Crippen LogP contribution in [0.2, 0.25) is 0 Å². The zero-order chi connectivity index (χ0) is 19.6. The maximum atomic E-state index is 9.48. The molecule has 0 atom stereocenters. The molecule has 0 saturated heterocycles. The van der Waals surface area contributed by atoms with Crippen LogP contribution in [0.4, 0.5) is 0 Å². The molecule has 144 valence electrons. The molecule has 0 fully saturated rings. The van der Waals surface area contributed by atoms with Crippen LogP contribution in [0.15, 0.2) is 73.1 Å². The molecule has 0 aliphatic rings. The molecular formula is C21H25BN4O2. The normalized spacial score (nSPS) is 11.0. The Morgan fingerprint density at radius 1 is 0.821 bits per heavy atom. The average molecular weight is 376 g/mol. The van der Waals surface area contributed by atoms with Gasteiger partial charge in [0.25, 0.3) is 0 Å². The van der Waals surface area contributed by atoms with Gasteiger partial charge in [0.05, 0.1) is 11.4 Å². The summed E-state index contributed by atoms with van der Waals surface area (Å²) in [7, 11) is -1.46. The molecule has 3 rings (SSSR count). The molecule has 2 heterocycles. The van der Waals surface area contributed by atoms with Gasteiger partial charge in [0.15, 0.2) is 0 Å². The van der Waals surface area contributed by atoms with Crippen molar-refractivity contribution >= 4 is 12.6 Å². The zero-order valence-electron chi connectivity index (χ0n) is 15.8. The Hall–Kier alpha value is -2.58. The summed E-state index contributed by atoms with van der Waals surface area (Å²) in [5, 5.41) is 22.4. The fourth-order valence-electron chi connectivity index (χ4n) is 3.06. The van der Waals surface area contributed by atoms with Gasteiger partial charge in [-0.2, -0.15) is 0 Å². The first kappa shape index (κ1) is 20.2. The summed E-state index contributed by atoms with van der Waals surface area (Å²) < 4.78 is 0. The van der Waals surface area contributed by atoms with Crippen LogP contribution in [0.25, 0.3) is 0 Å². The van der Waals surface area contributed by atoms with Crippen molar-refractivity contribution in [3.8, 4) is 0 Å². The van der Waals surface area contributed by atoms with Gasteiger partial charge in [-0.3, -0.25) is 14.9 Å². The van der Waals surface area contributed by atoms with E-state index in [1.807, 2.05) is 60.9 Å². The van der Waals surface area contributed by atoms with Crippen molar-refractivity contribution in [3.05, 3.63) is 90.0 Å². The lowest BCUT2D eigenvalue weighted by molar-refractivity contribution is 0.250. The highest BCUT2D eigenvalue weighted by atomic mass is 16.4. The summed E-state index contributed by atoms with van der Waals surface area (Å²) in [4.78, 5) is 11.2. The third kappa shape index (κ3) is 6.25. The van der Waals surface area contributed by atoms with Crippen LogP contribution in [-0.4, -0.2) is 45.1 Å². The van der Waals surface area contributed by atoms with E-state index in [0.717, 1.165) is 43.1 Å². The standard InChI is InChI=1S/C21H25BN4O2/c27-22(28)21-10-2-1-7-18(21)15-23-13-14-26(16-19-8-3-5-11-24-19)17-20-9-4-6-12-25-20/h1-12,23,27-28H,13-17H2. The molecule has 0 amide bonds. The highest BCUT2D eigenvalue weighted by Crippen LogP contribution is 2.06. The van der Waals surface area contributed by atoms with Crippen LogP contribution in [0.5, 0.6) is 0 Å². The molecule has 3 N–H and O–H groups in total. The van der Waals surface area contributed by atoms with Gasteiger partial charge in [-0.25, -0.2) is 0 Å². The van der Waals surface area contributed by atoms with Crippen LogP contribution >= 0.6 is 0 Å². The minimum atomic E-state index is -1.46. The third-order valence-corrected chi connectivity index (χ3v) is 4.48. The fourth-order valence-corrected chi connectivity index (χ4v) is 3.06. The van der Waals surface area contributed by atoms with Crippen molar-refractivity contribution in [1.82, 2.24) is 20.2 Å². The number of hydrogen-bond donors (Lipinski definition) is 3. The quantitative estimate of drug-likeness (QED) is 0.361. The number of nitrogens with one attached hydrogen (secondary N) is 1. The molecule has 0 unspecified atom stereocenters. The molecule has 6 nitrogen and oxygen atoms in total. The molecule has 0 radical (unpaired) electrons. The van der Waals surface area contributed by atoms with Gasteiger partial charge in [-0.1, -0.05) is 36.4 Å². The van der Waals surface area contributed by atoms with Gasteiger partial charge in [0.1, 0.15) is 0 Å². The first-order valence-electron chi connectivity index (χ1n) is 9.39. The topological polar surface area (TPSA) is 81.5 Å². The van der Waals surface area contributed by atoms with E-state index in [1.165, 1.54) is 0 Å². The van der Waals surface area contributed by atoms with Crippen LogP contribution in [0.3, 0.4) is 0 Å². The number of hydrogen-bond acceptors (Lipinski definition) is 6. The van der Waals surface area contributed by atoms with Gasteiger partial charge in [0.2, 0.25) is 0 Å². The van der Waals surface area contributed by atoms with E-state index < -0.39 is 7.12 Å². The molecule has 3 aromatic rings. The Balaban J connectivity index is 1.57. The zero-order valence-corrected chi connectivity index (χ0v) is 15.8. The molecular weight excluding hydrogens is 351 g/mol. The fraction of sp³-hybridized carbons (Fsp3) is 0.238. The van der Waals surface area contributed by atoms with E-state index in [0.29, 0.717) is 12.0 Å². The summed E-state index contributed by atoms with van der Waals surface area (Å²) in [5.74, 6) is 0. The van der Waals surface area contributed by atoms with Gasteiger partial charge in [-0.05, 0) is 35.3 Å². The van der Waals surface area contributed by atoms with Gasteiger partial charge >= 0.3 is 7.12 Å². The summed E-state index contributed by atoms with van der Waals surface area (Å²) in [6.07, 6.45) is 3.62. The number of pyridine rings is 2. The van der Waals surface area contributed by atoms with Gasteiger partial charge in [-0.15, -0.1) is 0 Å². The van der Waals surface area contributed by atoms with E-state index >= 15 is 0 Å². The van der Waals surface area contributed by atoms with Crippen LogP contribution in [0.1, 0.15) is 17.0 Å².